The Morgan fingerprint density at radius 1 is 1.17 bits per heavy atom. The summed E-state index contributed by atoms with van der Waals surface area (Å²) in [6.45, 7) is 3.46. The highest BCUT2D eigenvalue weighted by atomic mass is 35.5. The molecule has 158 valence electrons. The van der Waals surface area contributed by atoms with Crippen LogP contribution in [-0.2, 0) is 22.4 Å². The van der Waals surface area contributed by atoms with E-state index in [-0.39, 0.29) is 5.92 Å². The van der Waals surface area contributed by atoms with Crippen LogP contribution in [0.25, 0.3) is 5.57 Å². The molecule has 0 aromatic heterocycles. The molecule has 4 nitrogen and oxygen atoms in total. The summed E-state index contributed by atoms with van der Waals surface area (Å²) in [4.78, 5) is 13.4. The lowest BCUT2D eigenvalue weighted by molar-refractivity contribution is -0.143. The summed E-state index contributed by atoms with van der Waals surface area (Å²) < 4.78 is 5.94. The fourth-order valence-corrected chi connectivity index (χ4v) is 4.70. The van der Waals surface area contributed by atoms with Gasteiger partial charge in [0.1, 0.15) is 0 Å². The number of rotatable bonds is 6. The molecule has 0 amide bonds. The number of piperidine rings is 1. The summed E-state index contributed by atoms with van der Waals surface area (Å²) in [6, 6.07) is 14.7. The molecule has 1 aliphatic carbocycles. The Morgan fingerprint density at radius 2 is 1.97 bits per heavy atom. The minimum absolute atomic E-state index is 0.246. The van der Waals surface area contributed by atoms with Crippen molar-refractivity contribution in [1.29, 1.82) is 0 Å². The van der Waals surface area contributed by atoms with Crippen molar-refractivity contribution < 1.29 is 14.6 Å². The van der Waals surface area contributed by atoms with Gasteiger partial charge in [0, 0.05) is 18.1 Å². The van der Waals surface area contributed by atoms with E-state index < -0.39 is 5.97 Å². The van der Waals surface area contributed by atoms with Crippen molar-refractivity contribution in [2.45, 2.75) is 25.7 Å². The van der Waals surface area contributed by atoms with Gasteiger partial charge in [-0.2, -0.15) is 0 Å². The molecule has 1 N–H and O–H groups in total. The monoisotopic (exact) mass is 425 g/mol. The van der Waals surface area contributed by atoms with E-state index in [9.17, 15) is 9.90 Å². The molecule has 30 heavy (non-hydrogen) atoms. The molecule has 0 spiro atoms. The molecule has 1 saturated heterocycles. The number of fused-ring (bicyclic) bond motifs is 2. The highest BCUT2D eigenvalue weighted by molar-refractivity contribution is 6.30. The second-order valence-electron chi connectivity index (χ2n) is 8.13. The Bertz CT molecular complexity index is 940. The summed E-state index contributed by atoms with van der Waals surface area (Å²) in [6.07, 6.45) is 5.90. The first-order valence-corrected chi connectivity index (χ1v) is 11.1. The van der Waals surface area contributed by atoms with Gasteiger partial charge < -0.3 is 14.7 Å². The molecule has 2 aromatic carbocycles. The fourth-order valence-electron chi connectivity index (χ4n) is 4.53. The van der Waals surface area contributed by atoms with Crippen molar-refractivity contribution in [3.8, 4) is 0 Å². The standard InChI is InChI=1S/C25H28ClNO3/c26-21-10-9-19-8-7-18-4-1-2-6-22(18)23(24(19)16-21)11-14-30-15-13-27-12-3-5-20(17-27)25(28)29/h1-2,4,6,9-11,16,20H,3,5,7-8,12-15,17H2,(H,28,29)/t20-/m0/s1. The molecule has 1 aliphatic heterocycles. The molecular weight excluding hydrogens is 398 g/mol. The van der Waals surface area contributed by atoms with Gasteiger partial charge in [-0.3, -0.25) is 4.79 Å². The largest absolute Gasteiger partial charge is 0.481 e. The third-order valence-electron chi connectivity index (χ3n) is 6.15. The van der Waals surface area contributed by atoms with E-state index in [0.29, 0.717) is 19.8 Å². The highest BCUT2D eigenvalue weighted by Gasteiger charge is 2.25. The van der Waals surface area contributed by atoms with Gasteiger partial charge >= 0.3 is 5.97 Å². The van der Waals surface area contributed by atoms with Crippen LogP contribution >= 0.6 is 11.6 Å². The first kappa shape index (κ1) is 21.1. The number of likely N-dealkylation sites (tertiary alicyclic amines) is 1. The first-order chi connectivity index (χ1) is 14.6. The van der Waals surface area contributed by atoms with Crippen molar-refractivity contribution in [2.75, 3.05) is 32.8 Å². The Morgan fingerprint density at radius 3 is 2.80 bits per heavy atom. The van der Waals surface area contributed by atoms with E-state index in [1.165, 1.54) is 27.8 Å². The van der Waals surface area contributed by atoms with Crippen LogP contribution in [0.2, 0.25) is 5.02 Å². The van der Waals surface area contributed by atoms with Crippen LogP contribution in [-0.4, -0.2) is 48.8 Å². The topological polar surface area (TPSA) is 49.8 Å². The van der Waals surface area contributed by atoms with Crippen LogP contribution in [0, 0.1) is 5.92 Å². The van der Waals surface area contributed by atoms with E-state index in [1.54, 1.807) is 0 Å². The molecule has 4 rings (SSSR count). The van der Waals surface area contributed by atoms with Crippen molar-refractivity contribution in [3.63, 3.8) is 0 Å². The third-order valence-corrected chi connectivity index (χ3v) is 6.38. The second kappa shape index (κ2) is 9.78. The van der Waals surface area contributed by atoms with Gasteiger partial charge in [-0.15, -0.1) is 0 Å². The average molecular weight is 426 g/mol. The quantitative estimate of drug-likeness (QED) is 0.682. The molecule has 1 heterocycles. The summed E-state index contributed by atoms with van der Waals surface area (Å²) in [7, 11) is 0. The number of halogens is 1. The van der Waals surface area contributed by atoms with E-state index in [0.717, 1.165) is 43.8 Å². The smallest absolute Gasteiger partial charge is 0.307 e. The Hall–Kier alpha value is -2.14. The van der Waals surface area contributed by atoms with Gasteiger partial charge in [0.2, 0.25) is 0 Å². The summed E-state index contributed by atoms with van der Waals surface area (Å²) >= 11 is 6.32. The van der Waals surface area contributed by atoms with Crippen LogP contribution in [0.5, 0.6) is 0 Å². The van der Waals surface area contributed by atoms with Crippen LogP contribution in [0.15, 0.2) is 48.5 Å². The first-order valence-electron chi connectivity index (χ1n) is 10.7. The number of carboxylic acid groups (broad SMARTS) is 1. The van der Waals surface area contributed by atoms with Crippen molar-refractivity contribution in [3.05, 3.63) is 75.8 Å². The SMILES string of the molecule is O=C(O)[C@H]1CCCN(CCOCC=C2c3ccccc3CCc3ccc(Cl)cc32)C1. The zero-order valence-electron chi connectivity index (χ0n) is 17.1. The number of nitrogens with zero attached hydrogens (tertiary/aromatic N) is 1. The van der Waals surface area contributed by atoms with Crippen molar-refractivity contribution in [2.24, 2.45) is 5.92 Å². The summed E-state index contributed by atoms with van der Waals surface area (Å²) in [5.74, 6) is -0.931. The lowest BCUT2D eigenvalue weighted by atomic mass is 9.94. The van der Waals surface area contributed by atoms with Gasteiger partial charge in [-0.25, -0.2) is 0 Å². The maximum Gasteiger partial charge on any atom is 0.307 e. The number of ether oxygens (including phenoxy) is 1. The van der Waals surface area contributed by atoms with Gasteiger partial charge in [0.25, 0.3) is 0 Å². The number of benzene rings is 2. The highest BCUT2D eigenvalue weighted by Crippen LogP contribution is 2.34. The number of aryl methyl sites for hydroxylation is 2. The van der Waals surface area contributed by atoms with Gasteiger partial charge in [0.15, 0.2) is 0 Å². The molecule has 5 heteroatoms. The van der Waals surface area contributed by atoms with Crippen LogP contribution in [0.4, 0.5) is 0 Å². The lowest BCUT2D eigenvalue weighted by Gasteiger charge is -2.30. The van der Waals surface area contributed by atoms with Crippen LogP contribution in [0.3, 0.4) is 0 Å². The zero-order valence-corrected chi connectivity index (χ0v) is 17.9. The van der Waals surface area contributed by atoms with E-state index in [4.69, 9.17) is 16.3 Å². The molecule has 0 unspecified atom stereocenters. The predicted molar refractivity (Wildman–Crippen MR) is 120 cm³/mol. The lowest BCUT2D eigenvalue weighted by Crippen LogP contribution is -2.40. The molecule has 0 saturated carbocycles. The number of aliphatic carboxylic acids is 1. The number of carboxylic acids is 1. The predicted octanol–water partition coefficient (Wildman–Crippen LogP) is 4.68. The van der Waals surface area contributed by atoms with Crippen LogP contribution < -0.4 is 0 Å². The molecule has 2 aromatic rings. The number of hydrogen-bond acceptors (Lipinski definition) is 3. The molecule has 0 bridgehead atoms. The molecule has 1 atom stereocenters. The third kappa shape index (κ3) is 4.94. The molecular formula is C25H28ClNO3. The Labute approximate surface area is 183 Å². The van der Waals surface area contributed by atoms with E-state index in [1.807, 2.05) is 6.07 Å². The minimum atomic E-state index is -0.685. The van der Waals surface area contributed by atoms with Crippen molar-refractivity contribution >= 4 is 23.1 Å². The average Bonchev–Trinajstić information content (AvgIpc) is 2.90. The number of hydrogen-bond donors (Lipinski definition) is 1. The van der Waals surface area contributed by atoms with Gasteiger partial charge in [-0.05, 0) is 72.2 Å². The Balaban J connectivity index is 1.43. The van der Waals surface area contributed by atoms with Crippen LogP contribution in [0.1, 0.15) is 35.1 Å². The molecule has 1 fully saturated rings. The normalized spacial score (nSPS) is 20.4. The summed E-state index contributed by atoms with van der Waals surface area (Å²) in [5.41, 5.74) is 6.29. The van der Waals surface area contributed by atoms with Gasteiger partial charge in [-0.1, -0.05) is 48.0 Å². The second-order valence-corrected chi connectivity index (χ2v) is 8.57. The van der Waals surface area contributed by atoms with E-state index >= 15 is 0 Å². The zero-order chi connectivity index (χ0) is 20.9. The maximum absolute atomic E-state index is 11.2. The van der Waals surface area contributed by atoms with Crippen molar-refractivity contribution in [1.82, 2.24) is 4.90 Å². The van der Waals surface area contributed by atoms with E-state index in [2.05, 4.69) is 47.4 Å². The minimum Gasteiger partial charge on any atom is -0.481 e. The molecule has 2 aliphatic rings. The summed E-state index contributed by atoms with van der Waals surface area (Å²) in [5, 5.41) is 9.99. The van der Waals surface area contributed by atoms with Gasteiger partial charge in [0.05, 0.1) is 19.1 Å². The number of carbonyl (C=O) groups is 1. The fraction of sp³-hybridized carbons (Fsp3) is 0.400. The Kier molecular flexibility index (Phi) is 6.88. The molecule has 0 radical (unpaired) electrons. The maximum atomic E-state index is 11.2.